The molecule has 0 N–H and O–H groups in total. The van der Waals surface area contributed by atoms with Crippen molar-refractivity contribution in [2.75, 3.05) is 38.3 Å². The number of carbonyl (C=O) groups is 1. The number of hydrogen-bond acceptors (Lipinski definition) is 8. The molecule has 1 unspecified atom stereocenters. The second kappa shape index (κ2) is 14.1. The maximum absolute atomic E-state index is 13.4. The number of esters is 1. The molecule has 0 radical (unpaired) electrons. The van der Waals surface area contributed by atoms with Crippen LogP contribution in [-0.4, -0.2) is 65.2 Å². The fourth-order valence-corrected chi connectivity index (χ4v) is 5.97. The summed E-state index contributed by atoms with van der Waals surface area (Å²) in [5.41, 5.74) is 4.75. The van der Waals surface area contributed by atoms with Crippen molar-refractivity contribution in [1.29, 1.82) is 0 Å². The van der Waals surface area contributed by atoms with Gasteiger partial charge in [-0.1, -0.05) is 55.1 Å². The molecule has 2 aromatic heterocycles. The molecule has 248 valence electrons. The van der Waals surface area contributed by atoms with Crippen molar-refractivity contribution in [2.24, 2.45) is 0 Å². The number of aromatic nitrogens is 3. The fraction of sp³-hybridized carbons (Fsp3) is 0.395. The first kappa shape index (κ1) is 33.9. The van der Waals surface area contributed by atoms with Crippen LogP contribution in [0.4, 0.5) is 5.82 Å². The van der Waals surface area contributed by atoms with E-state index in [0.29, 0.717) is 43.2 Å². The first-order chi connectivity index (χ1) is 22.5. The van der Waals surface area contributed by atoms with Gasteiger partial charge in [0.15, 0.2) is 11.8 Å². The lowest BCUT2D eigenvalue weighted by molar-refractivity contribution is -0.164. The highest BCUT2D eigenvalue weighted by Gasteiger charge is 2.38. The van der Waals surface area contributed by atoms with Crippen LogP contribution in [0.1, 0.15) is 57.9 Å². The SMILES string of the molecule is C=CCOc1ccccc1-c1cccc(-c2cc3nc(C)c(C(OC(C)(C)C)C(=O)OC)c(N4CCC(C)(OCC=C)CC4)n3n2)c1. The van der Waals surface area contributed by atoms with Crippen molar-refractivity contribution in [2.45, 2.75) is 64.8 Å². The molecule has 9 nitrogen and oxygen atoms in total. The Balaban J connectivity index is 1.64. The Labute approximate surface area is 277 Å². The summed E-state index contributed by atoms with van der Waals surface area (Å²) in [5, 5.41) is 5.13. The highest BCUT2D eigenvalue weighted by atomic mass is 16.6. The third kappa shape index (κ3) is 7.58. The average Bonchev–Trinajstić information content (AvgIpc) is 3.48. The fourth-order valence-electron chi connectivity index (χ4n) is 5.97. The van der Waals surface area contributed by atoms with Crippen LogP contribution in [0.2, 0.25) is 0 Å². The molecule has 1 atom stereocenters. The molecule has 9 heteroatoms. The van der Waals surface area contributed by atoms with Crippen LogP contribution in [0.15, 0.2) is 79.9 Å². The van der Waals surface area contributed by atoms with Crippen LogP contribution in [0, 0.1) is 6.92 Å². The molecule has 1 aliphatic heterocycles. The van der Waals surface area contributed by atoms with Gasteiger partial charge in [-0.15, -0.1) is 6.58 Å². The molecule has 0 aliphatic carbocycles. The minimum atomic E-state index is -1.000. The molecule has 1 fully saturated rings. The maximum Gasteiger partial charge on any atom is 0.339 e. The Morgan fingerprint density at radius 2 is 1.72 bits per heavy atom. The number of para-hydroxylation sites is 1. The van der Waals surface area contributed by atoms with Gasteiger partial charge in [-0.25, -0.2) is 9.78 Å². The lowest BCUT2D eigenvalue weighted by Gasteiger charge is -2.41. The van der Waals surface area contributed by atoms with Gasteiger partial charge < -0.3 is 23.8 Å². The van der Waals surface area contributed by atoms with Crippen LogP contribution in [0.25, 0.3) is 28.0 Å². The monoisotopic (exact) mass is 638 g/mol. The lowest BCUT2D eigenvalue weighted by Crippen LogP contribution is -2.45. The van der Waals surface area contributed by atoms with E-state index < -0.39 is 17.7 Å². The van der Waals surface area contributed by atoms with Crippen molar-refractivity contribution in [3.63, 3.8) is 0 Å². The molecule has 3 heterocycles. The molecule has 0 saturated carbocycles. The third-order valence-corrected chi connectivity index (χ3v) is 8.34. The number of nitrogens with zero attached hydrogens (tertiary/aromatic N) is 4. The van der Waals surface area contributed by atoms with Gasteiger partial charge in [0.1, 0.15) is 18.2 Å². The van der Waals surface area contributed by atoms with Crippen LogP contribution >= 0.6 is 0 Å². The number of anilines is 1. The van der Waals surface area contributed by atoms with Gasteiger partial charge in [-0.2, -0.15) is 9.61 Å². The first-order valence-electron chi connectivity index (χ1n) is 16.1. The van der Waals surface area contributed by atoms with Gasteiger partial charge in [0.05, 0.1) is 36.2 Å². The van der Waals surface area contributed by atoms with Crippen molar-refractivity contribution >= 4 is 17.4 Å². The zero-order valence-electron chi connectivity index (χ0n) is 28.4. The predicted molar refractivity (Wildman–Crippen MR) is 186 cm³/mol. The summed E-state index contributed by atoms with van der Waals surface area (Å²) in [6.07, 6.45) is 4.09. The number of aryl methyl sites for hydroxylation is 1. The second-order valence-electron chi connectivity index (χ2n) is 13.1. The standard InChI is InChI=1S/C38H46N4O5/c1-9-22-45-31-17-12-11-16-29(31)27-14-13-15-28(24-27)30-25-32-39-26(3)33(34(36(43)44-8)47-37(4,5)6)35(42(32)40-30)41-20-18-38(7,19-21-41)46-23-10-2/h9-17,24-25,34H,1-2,18-23H2,3-8H3. The third-order valence-electron chi connectivity index (χ3n) is 8.34. The minimum Gasteiger partial charge on any atom is -0.489 e. The summed E-state index contributed by atoms with van der Waals surface area (Å²) in [6.45, 7) is 19.7. The van der Waals surface area contributed by atoms with Crippen LogP contribution in [-0.2, 0) is 19.0 Å². The maximum atomic E-state index is 13.4. The Hall–Kier alpha value is -4.47. The Bertz CT molecular complexity index is 1750. The van der Waals surface area contributed by atoms with Gasteiger partial charge in [0.2, 0.25) is 0 Å². The number of rotatable bonds is 12. The van der Waals surface area contributed by atoms with Gasteiger partial charge in [-0.3, -0.25) is 0 Å². The van der Waals surface area contributed by atoms with Gasteiger partial charge in [0.25, 0.3) is 0 Å². The van der Waals surface area contributed by atoms with E-state index in [1.165, 1.54) is 7.11 Å². The Kier molecular flexibility index (Phi) is 10.2. The van der Waals surface area contributed by atoms with Crippen molar-refractivity contribution in [1.82, 2.24) is 14.6 Å². The summed E-state index contributed by atoms with van der Waals surface area (Å²) in [7, 11) is 1.38. The van der Waals surface area contributed by atoms with E-state index >= 15 is 0 Å². The molecular formula is C38H46N4O5. The summed E-state index contributed by atoms with van der Waals surface area (Å²) < 4.78 is 25.6. The number of fused-ring (bicyclic) bond motifs is 1. The molecule has 0 amide bonds. The van der Waals surface area contributed by atoms with Crippen LogP contribution < -0.4 is 9.64 Å². The van der Waals surface area contributed by atoms with Gasteiger partial charge >= 0.3 is 5.97 Å². The number of methoxy groups -OCH3 is 1. The second-order valence-corrected chi connectivity index (χ2v) is 13.1. The number of ether oxygens (including phenoxy) is 4. The number of hydrogen-bond donors (Lipinski definition) is 0. The minimum absolute atomic E-state index is 0.281. The topological polar surface area (TPSA) is 87.4 Å². The van der Waals surface area contributed by atoms with E-state index in [-0.39, 0.29) is 5.60 Å². The zero-order chi connectivity index (χ0) is 33.8. The quantitative estimate of drug-likeness (QED) is 0.116. The highest BCUT2D eigenvalue weighted by Crippen LogP contribution is 2.39. The predicted octanol–water partition coefficient (Wildman–Crippen LogP) is 7.53. The summed E-state index contributed by atoms with van der Waals surface area (Å²) in [5.74, 6) is 1.06. The summed E-state index contributed by atoms with van der Waals surface area (Å²) in [6, 6.07) is 18.2. The normalized spacial score (nSPS) is 15.3. The van der Waals surface area contributed by atoms with E-state index in [0.717, 1.165) is 46.8 Å². The van der Waals surface area contributed by atoms with Crippen LogP contribution in [0.5, 0.6) is 5.75 Å². The van der Waals surface area contributed by atoms with E-state index in [4.69, 9.17) is 29.0 Å². The van der Waals surface area contributed by atoms with Gasteiger partial charge in [0, 0.05) is 36.0 Å². The summed E-state index contributed by atoms with van der Waals surface area (Å²) in [4.78, 5) is 20.6. The van der Waals surface area contributed by atoms with Gasteiger partial charge in [-0.05, 0) is 65.2 Å². The zero-order valence-corrected chi connectivity index (χ0v) is 28.4. The van der Waals surface area contributed by atoms with E-state index in [1.54, 1.807) is 12.2 Å². The molecule has 1 aliphatic rings. The number of piperidine rings is 1. The Morgan fingerprint density at radius 1 is 1.02 bits per heavy atom. The molecule has 4 aromatic rings. The number of benzene rings is 2. The molecule has 0 bridgehead atoms. The summed E-state index contributed by atoms with van der Waals surface area (Å²) >= 11 is 0. The lowest BCUT2D eigenvalue weighted by atomic mass is 9.92. The molecular weight excluding hydrogens is 592 g/mol. The molecule has 5 rings (SSSR count). The first-order valence-corrected chi connectivity index (χ1v) is 16.1. The van der Waals surface area contributed by atoms with Crippen molar-refractivity contribution < 1.29 is 23.7 Å². The molecule has 2 aromatic carbocycles. The molecule has 47 heavy (non-hydrogen) atoms. The molecule has 0 spiro atoms. The largest absolute Gasteiger partial charge is 0.489 e. The van der Waals surface area contributed by atoms with Crippen molar-refractivity contribution in [3.05, 3.63) is 91.2 Å². The Morgan fingerprint density at radius 3 is 2.40 bits per heavy atom. The highest BCUT2D eigenvalue weighted by molar-refractivity contribution is 5.81. The smallest absolute Gasteiger partial charge is 0.339 e. The van der Waals surface area contributed by atoms with E-state index in [1.807, 2.05) is 74.7 Å². The molecule has 1 saturated heterocycles. The average molecular weight is 639 g/mol. The van der Waals surface area contributed by atoms with E-state index in [2.05, 4.69) is 37.1 Å². The number of carbonyl (C=O) groups excluding carboxylic acids is 1. The van der Waals surface area contributed by atoms with Crippen molar-refractivity contribution in [3.8, 4) is 28.1 Å². The van der Waals surface area contributed by atoms with E-state index in [9.17, 15) is 4.79 Å². The van der Waals surface area contributed by atoms with Crippen LogP contribution in [0.3, 0.4) is 0 Å².